The van der Waals surface area contributed by atoms with Crippen LogP contribution >= 0.6 is 11.6 Å². The predicted molar refractivity (Wildman–Crippen MR) is 68.9 cm³/mol. The summed E-state index contributed by atoms with van der Waals surface area (Å²) in [5.41, 5.74) is 8.36. The molecule has 17 heavy (non-hydrogen) atoms. The van der Waals surface area contributed by atoms with Gasteiger partial charge in [0, 0.05) is 11.1 Å². The second-order valence-electron chi connectivity index (χ2n) is 4.30. The molecule has 1 aromatic carbocycles. The van der Waals surface area contributed by atoms with Crippen LogP contribution in [0.15, 0.2) is 18.2 Å². The van der Waals surface area contributed by atoms with Gasteiger partial charge in [-0.05, 0) is 49.2 Å². The van der Waals surface area contributed by atoms with Crippen molar-refractivity contribution in [2.75, 3.05) is 12.3 Å². The molecule has 1 unspecified atom stereocenters. The van der Waals surface area contributed by atoms with Gasteiger partial charge in [-0.3, -0.25) is 0 Å². The molecule has 1 atom stereocenters. The number of nitrogens with one attached hydrogen (secondary N) is 1. The lowest BCUT2D eigenvalue weighted by Crippen LogP contribution is -2.15. The lowest BCUT2D eigenvalue weighted by molar-refractivity contribution is 0.632. The first-order valence-corrected chi connectivity index (χ1v) is 6.08. The molecule has 2 aromatic rings. The maximum atomic E-state index is 5.96. The number of hydrogen-bond acceptors (Lipinski definition) is 4. The van der Waals surface area contributed by atoms with E-state index in [4.69, 9.17) is 17.3 Å². The van der Waals surface area contributed by atoms with E-state index in [2.05, 4.69) is 15.3 Å². The molecule has 0 aliphatic carbocycles. The molecule has 4 nitrogen and oxygen atoms in total. The number of anilines is 1. The van der Waals surface area contributed by atoms with Crippen LogP contribution in [0.2, 0.25) is 5.28 Å². The third-order valence-electron chi connectivity index (χ3n) is 3.11. The SMILES string of the molecule is Nc1ccc2nc(Cl)nc(C3CCCN3)c2c1. The zero-order valence-corrected chi connectivity index (χ0v) is 10.0. The second-order valence-corrected chi connectivity index (χ2v) is 4.64. The standard InChI is InChI=1S/C12H13ClN4/c13-12-16-9-4-3-7(14)6-8(9)11(17-12)10-2-1-5-15-10/h3-4,6,10,15H,1-2,5,14H2. The molecular formula is C12H13ClN4. The zero-order chi connectivity index (χ0) is 11.8. The molecule has 1 aliphatic heterocycles. The zero-order valence-electron chi connectivity index (χ0n) is 9.28. The largest absolute Gasteiger partial charge is 0.399 e. The van der Waals surface area contributed by atoms with Crippen LogP contribution in [0.5, 0.6) is 0 Å². The van der Waals surface area contributed by atoms with E-state index in [9.17, 15) is 0 Å². The third kappa shape index (κ3) is 1.94. The summed E-state index contributed by atoms with van der Waals surface area (Å²) in [6.45, 7) is 1.02. The van der Waals surface area contributed by atoms with Crippen LogP contribution in [0.1, 0.15) is 24.6 Å². The lowest BCUT2D eigenvalue weighted by Gasteiger charge is -2.13. The van der Waals surface area contributed by atoms with Crippen LogP contribution in [0.3, 0.4) is 0 Å². The Hall–Kier alpha value is -1.39. The number of rotatable bonds is 1. The van der Waals surface area contributed by atoms with Crippen molar-refractivity contribution >= 4 is 28.2 Å². The van der Waals surface area contributed by atoms with Gasteiger partial charge in [-0.15, -0.1) is 0 Å². The lowest BCUT2D eigenvalue weighted by atomic mass is 10.1. The normalized spacial score (nSPS) is 19.9. The summed E-state index contributed by atoms with van der Waals surface area (Å²) < 4.78 is 0. The van der Waals surface area contributed by atoms with Crippen molar-refractivity contribution in [3.05, 3.63) is 29.2 Å². The van der Waals surface area contributed by atoms with Crippen LogP contribution in [0.4, 0.5) is 5.69 Å². The van der Waals surface area contributed by atoms with Crippen molar-refractivity contribution in [3.63, 3.8) is 0 Å². The molecule has 3 rings (SSSR count). The van der Waals surface area contributed by atoms with Gasteiger partial charge in [-0.1, -0.05) is 0 Å². The van der Waals surface area contributed by atoms with E-state index in [-0.39, 0.29) is 6.04 Å². The minimum absolute atomic E-state index is 0.264. The molecule has 2 heterocycles. The van der Waals surface area contributed by atoms with Gasteiger partial charge in [0.1, 0.15) is 0 Å². The summed E-state index contributed by atoms with van der Waals surface area (Å²) >= 11 is 5.96. The van der Waals surface area contributed by atoms with Gasteiger partial charge in [0.15, 0.2) is 0 Å². The quantitative estimate of drug-likeness (QED) is 0.600. The Morgan fingerprint density at radius 2 is 2.24 bits per heavy atom. The van der Waals surface area contributed by atoms with Gasteiger partial charge in [0.25, 0.3) is 0 Å². The number of halogens is 1. The van der Waals surface area contributed by atoms with E-state index in [1.807, 2.05) is 18.2 Å². The highest BCUT2D eigenvalue weighted by molar-refractivity contribution is 6.28. The van der Waals surface area contributed by atoms with E-state index in [1.165, 1.54) is 0 Å². The Kier molecular flexibility index (Phi) is 2.61. The molecule has 5 heteroatoms. The maximum Gasteiger partial charge on any atom is 0.223 e. The first-order chi connectivity index (χ1) is 8.24. The number of fused-ring (bicyclic) bond motifs is 1. The van der Waals surface area contributed by atoms with E-state index in [0.717, 1.165) is 41.7 Å². The van der Waals surface area contributed by atoms with Gasteiger partial charge in [-0.25, -0.2) is 9.97 Å². The van der Waals surface area contributed by atoms with Crippen LogP contribution in [-0.4, -0.2) is 16.5 Å². The van der Waals surface area contributed by atoms with Gasteiger partial charge >= 0.3 is 0 Å². The van der Waals surface area contributed by atoms with Crippen molar-refractivity contribution in [3.8, 4) is 0 Å². The average Bonchev–Trinajstić information content (AvgIpc) is 2.82. The molecule has 1 aromatic heterocycles. The summed E-state index contributed by atoms with van der Waals surface area (Å²) in [7, 11) is 0. The summed E-state index contributed by atoms with van der Waals surface area (Å²) in [5, 5.41) is 4.71. The monoisotopic (exact) mass is 248 g/mol. The second kappa shape index (κ2) is 4.13. The summed E-state index contributed by atoms with van der Waals surface area (Å²) in [4.78, 5) is 8.58. The topological polar surface area (TPSA) is 63.8 Å². The van der Waals surface area contributed by atoms with Crippen molar-refractivity contribution in [1.82, 2.24) is 15.3 Å². The van der Waals surface area contributed by atoms with Gasteiger partial charge in [0.2, 0.25) is 5.28 Å². The highest BCUT2D eigenvalue weighted by Gasteiger charge is 2.21. The molecule has 1 saturated heterocycles. The Morgan fingerprint density at radius 1 is 1.35 bits per heavy atom. The summed E-state index contributed by atoms with van der Waals surface area (Å²) in [6.07, 6.45) is 2.24. The number of benzene rings is 1. The van der Waals surface area contributed by atoms with E-state index in [1.54, 1.807) is 0 Å². The molecule has 0 saturated carbocycles. The smallest absolute Gasteiger partial charge is 0.223 e. The fourth-order valence-electron chi connectivity index (χ4n) is 2.32. The number of nitrogens with two attached hydrogens (primary N) is 1. The van der Waals surface area contributed by atoms with Crippen LogP contribution < -0.4 is 11.1 Å². The number of nitrogens with zero attached hydrogens (tertiary/aromatic N) is 2. The van der Waals surface area contributed by atoms with Gasteiger partial charge in [0.05, 0.1) is 17.3 Å². The number of nitrogen functional groups attached to an aromatic ring is 1. The first-order valence-electron chi connectivity index (χ1n) is 5.70. The molecule has 0 radical (unpaired) electrons. The molecule has 1 fully saturated rings. The van der Waals surface area contributed by atoms with Crippen LogP contribution in [0, 0.1) is 0 Å². The van der Waals surface area contributed by atoms with Crippen molar-refractivity contribution in [2.45, 2.75) is 18.9 Å². The number of aromatic nitrogens is 2. The minimum atomic E-state index is 0.264. The van der Waals surface area contributed by atoms with Crippen molar-refractivity contribution in [2.24, 2.45) is 0 Å². The molecule has 0 spiro atoms. The molecular weight excluding hydrogens is 236 g/mol. The minimum Gasteiger partial charge on any atom is -0.399 e. The van der Waals surface area contributed by atoms with E-state index < -0.39 is 0 Å². The summed E-state index contributed by atoms with van der Waals surface area (Å²) in [6, 6.07) is 5.90. The van der Waals surface area contributed by atoms with Gasteiger partial charge in [-0.2, -0.15) is 0 Å². The Bertz CT molecular complexity index is 564. The fraction of sp³-hybridized carbons (Fsp3) is 0.333. The highest BCUT2D eigenvalue weighted by atomic mass is 35.5. The average molecular weight is 249 g/mol. The van der Waals surface area contributed by atoms with E-state index >= 15 is 0 Å². The predicted octanol–water partition coefficient (Wildman–Crippen LogP) is 2.29. The van der Waals surface area contributed by atoms with Crippen molar-refractivity contribution in [1.29, 1.82) is 0 Å². The Morgan fingerprint density at radius 3 is 3.00 bits per heavy atom. The molecule has 0 bridgehead atoms. The molecule has 0 amide bonds. The highest BCUT2D eigenvalue weighted by Crippen LogP contribution is 2.29. The molecule has 1 aliphatic rings. The fourth-order valence-corrected chi connectivity index (χ4v) is 2.51. The summed E-state index contributed by atoms with van der Waals surface area (Å²) in [5.74, 6) is 0. The number of hydrogen-bond donors (Lipinski definition) is 2. The van der Waals surface area contributed by atoms with E-state index in [0.29, 0.717) is 5.28 Å². The maximum absolute atomic E-state index is 5.96. The van der Waals surface area contributed by atoms with Crippen LogP contribution in [-0.2, 0) is 0 Å². The van der Waals surface area contributed by atoms with Crippen LogP contribution in [0.25, 0.3) is 10.9 Å². The Labute approximate surface area is 104 Å². The van der Waals surface area contributed by atoms with Crippen molar-refractivity contribution < 1.29 is 0 Å². The molecule has 88 valence electrons. The van der Waals surface area contributed by atoms with Gasteiger partial charge < -0.3 is 11.1 Å². The molecule has 3 N–H and O–H groups in total. The Balaban J connectivity index is 2.23. The third-order valence-corrected chi connectivity index (χ3v) is 3.28. The first kappa shape index (κ1) is 10.7.